The summed E-state index contributed by atoms with van der Waals surface area (Å²) in [7, 11) is -2.21. The van der Waals surface area contributed by atoms with Gasteiger partial charge >= 0.3 is 0 Å². The second-order valence-corrected chi connectivity index (χ2v) is 8.70. The molecule has 0 aliphatic heterocycles. The molecule has 1 N–H and O–H groups in total. The van der Waals surface area contributed by atoms with Gasteiger partial charge in [-0.2, -0.15) is 0 Å². The lowest BCUT2D eigenvalue weighted by atomic mass is 10.2. The first kappa shape index (κ1) is 23.2. The molecule has 0 bridgehead atoms. The maximum Gasteiger partial charge on any atom is 0.261 e. The summed E-state index contributed by atoms with van der Waals surface area (Å²) in [5.74, 6) is -0.534. The summed E-state index contributed by atoms with van der Waals surface area (Å²) in [6.07, 6.45) is 0.579. The highest BCUT2D eigenvalue weighted by Crippen LogP contribution is 2.18. The monoisotopic (exact) mass is 460 g/mol. The Kier molecular flexibility index (Phi) is 7.42. The molecule has 0 atom stereocenters. The smallest absolute Gasteiger partial charge is 0.261 e. The van der Waals surface area contributed by atoms with Gasteiger partial charge < -0.3 is 9.64 Å². The van der Waals surface area contributed by atoms with Gasteiger partial charge in [0.05, 0.1) is 11.5 Å². The van der Waals surface area contributed by atoms with E-state index in [4.69, 9.17) is 4.74 Å². The molecule has 0 spiro atoms. The van der Waals surface area contributed by atoms with Crippen molar-refractivity contribution in [3.8, 4) is 5.75 Å². The number of amides is 1. The van der Waals surface area contributed by atoms with E-state index in [1.807, 2.05) is 0 Å². The van der Waals surface area contributed by atoms with Crippen molar-refractivity contribution in [3.63, 3.8) is 0 Å². The molecule has 6 nitrogen and oxygen atoms in total. The van der Waals surface area contributed by atoms with E-state index >= 15 is 0 Å². The summed E-state index contributed by atoms with van der Waals surface area (Å²) < 4.78 is 58.5. The van der Waals surface area contributed by atoms with E-state index < -0.39 is 15.8 Å². The zero-order chi connectivity index (χ0) is 23.1. The number of anilines is 1. The van der Waals surface area contributed by atoms with Crippen LogP contribution in [0.5, 0.6) is 5.75 Å². The molecule has 3 aromatic rings. The number of nitrogens with zero attached hydrogens (tertiary/aromatic N) is 1. The Balaban J connectivity index is 1.51. The van der Waals surface area contributed by atoms with Crippen molar-refractivity contribution in [3.05, 3.63) is 90.0 Å². The van der Waals surface area contributed by atoms with E-state index in [2.05, 4.69) is 4.72 Å². The number of halogens is 2. The minimum atomic E-state index is -3.87. The minimum absolute atomic E-state index is 0.0679. The van der Waals surface area contributed by atoms with Gasteiger partial charge in [0.1, 0.15) is 17.4 Å². The largest absolute Gasteiger partial charge is 0.494 e. The first-order valence-electron chi connectivity index (χ1n) is 9.77. The van der Waals surface area contributed by atoms with Crippen molar-refractivity contribution in [2.75, 3.05) is 24.9 Å². The summed E-state index contributed by atoms with van der Waals surface area (Å²) in [5, 5.41) is 0. The number of nitrogens with one attached hydrogen (secondary N) is 1. The Hall–Kier alpha value is -3.46. The van der Waals surface area contributed by atoms with E-state index in [0.717, 1.165) is 12.1 Å². The molecular weight excluding hydrogens is 438 g/mol. The molecule has 0 radical (unpaired) electrons. The summed E-state index contributed by atoms with van der Waals surface area (Å²) in [4.78, 5) is 14.0. The Morgan fingerprint density at radius 3 is 2.06 bits per heavy atom. The van der Waals surface area contributed by atoms with Crippen LogP contribution in [-0.2, 0) is 10.0 Å². The van der Waals surface area contributed by atoms with Gasteiger partial charge in [0.2, 0.25) is 0 Å². The highest BCUT2D eigenvalue weighted by Gasteiger charge is 2.15. The Morgan fingerprint density at radius 2 is 1.47 bits per heavy atom. The van der Waals surface area contributed by atoms with Gasteiger partial charge in [0.15, 0.2) is 0 Å². The van der Waals surface area contributed by atoms with Gasteiger partial charge in [0.25, 0.3) is 15.9 Å². The van der Waals surface area contributed by atoms with Gasteiger partial charge in [-0.05, 0) is 79.2 Å². The molecule has 0 aliphatic rings. The number of hydrogen-bond donors (Lipinski definition) is 1. The SMILES string of the molecule is CN(CCCOc1ccc(F)cc1)C(=O)c1ccc(NS(=O)(=O)c2ccc(F)cc2)cc1. The predicted octanol–water partition coefficient (Wildman–Crippen LogP) is 4.31. The summed E-state index contributed by atoms with van der Waals surface area (Å²) in [5.41, 5.74) is 0.679. The van der Waals surface area contributed by atoms with Gasteiger partial charge in [-0.3, -0.25) is 9.52 Å². The molecular formula is C23H22F2N2O4S. The molecule has 3 aromatic carbocycles. The van der Waals surface area contributed by atoms with E-state index in [9.17, 15) is 22.0 Å². The van der Waals surface area contributed by atoms with Crippen LogP contribution in [0.25, 0.3) is 0 Å². The van der Waals surface area contributed by atoms with Crippen molar-refractivity contribution in [2.24, 2.45) is 0 Å². The Bertz CT molecular complexity index is 1150. The summed E-state index contributed by atoms with van der Waals surface area (Å²) >= 11 is 0. The van der Waals surface area contributed by atoms with Crippen molar-refractivity contribution in [1.82, 2.24) is 4.90 Å². The molecule has 1 amide bonds. The zero-order valence-corrected chi connectivity index (χ0v) is 18.1. The molecule has 0 fully saturated rings. The van der Waals surface area contributed by atoms with Crippen LogP contribution in [0.3, 0.4) is 0 Å². The van der Waals surface area contributed by atoms with Gasteiger partial charge in [-0.15, -0.1) is 0 Å². The van der Waals surface area contributed by atoms with Gasteiger partial charge in [-0.1, -0.05) is 0 Å². The van der Waals surface area contributed by atoms with E-state index in [1.54, 1.807) is 7.05 Å². The van der Waals surface area contributed by atoms with Crippen LogP contribution >= 0.6 is 0 Å². The van der Waals surface area contributed by atoms with Gasteiger partial charge in [-0.25, -0.2) is 17.2 Å². The normalized spacial score (nSPS) is 11.1. The molecule has 168 valence electrons. The quantitative estimate of drug-likeness (QED) is 0.483. The van der Waals surface area contributed by atoms with Crippen LogP contribution in [0.15, 0.2) is 77.7 Å². The number of rotatable bonds is 9. The fourth-order valence-electron chi connectivity index (χ4n) is 2.85. The molecule has 32 heavy (non-hydrogen) atoms. The van der Waals surface area contributed by atoms with Crippen LogP contribution in [0.4, 0.5) is 14.5 Å². The molecule has 0 saturated heterocycles. The second-order valence-electron chi connectivity index (χ2n) is 7.02. The molecule has 0 aliphatic carbocycles. The molecule has 3 rings (SSSR count). The number of sulfonamides is 1. The highest BCUT2D eigenvalue weighted by atomic mass is 32.2. The Morgan fingerprint density at radius 1 is 0.906 bits per heavy atom. The standard InChI is InChI=1S/C23H22F2N2O4S/c1-27(15-2-16-31-21-11-5-18(24)6-12-21)23(28)17-3-9-20(10-4-17)26-32(29,30)22-13-7-19(25)8-14-22/h3-14,26H,2,15-16H2,1H3. The maximum atomic E-state index is 13.0. The molecule has 0 aromatic heterocycles. The number of carbonyl (C=O) groups is 1. The molecule has 9 heteroatoms. The van der Waals surface area contributed by atoms with Crippen molar-refractivity contribution >= 4 is 21.6 Å². The van der Waals surface area contributed by atoms with Crippen LogP contribution in [-0.4, -0.2) is 39.4 Å². The number of carbonyl (C=O) groups excluding carboxylic acids is 1. The van der Waals surface area contributed by atoms with Crippen LogP contribution in [0.2, 0.25) is 0 Å². The van der Waals surface area contributed by atoms with Crippen LogP contribution < -0.4 is 9.46 Å². The zero-order valence-electron chi connectivity index (χ0n) is 17.3. The first-order valence-corrected chi connectivity index (χ1v) is 11.3. The predicted molar refractivity (Wildman–Crippen MR) is 117 cm³/mol. The van der Waals surface area contributed by atoms with Crippen molar-refractivity contribution < 1.29 is 26.7 Å². The lowest BCUT2D eigenvalue weighted by molar-refractivity contribution is 0.0788. The number of ether oxygens (including phenoxy) is 1. The summed E-state index contributed by atoms with van der Waals surface area (Å²) in [6, 6.07) is 16.2. The van der Waals surface area contributed by atoms with Crippen molar-refractivity contribution in [1.29, 1.82) is 0 Å². The average Bonchev–Trinajstić information content (AvgIpc) is 2.78. The van der Waals surface area contributed by atoms with Crippen LogP contribution in [0.1, 0.15) is 16.8 Å². The average molecular weight is 461 g/mol. The first-order chi connectivity index (χ1) is 15.2. The van der Waals surface area contributed by atoms with E-state index in [1.165, 1.54) is 65.6 Å². The molecule has 0 unspecified atom stereocenters. The maximum absolute atomic E-state index is 13.0. The minimum Gasteiger partial charge on any atom is -0.494 e. The van der Waals surface area contributed by atoms with Crippen LogP contribution in [0, 0.1) is 11.6 Å². The molecule has 0 saturated carbocycles. The summed E-state index contributed by atoms with van der Waals surface area (Å²) in [6.45, 7) is 0.812. The van der Waals surface area contributed by atoms with Crippen molar-refractivity contribution in [2.45, 2.75) is 11.3 Å². The second kappa shape index (κ2) is 10.2. The van der Waals surface area contributed by atoms with E-state index in [0.29, 0.717) is 30.9 Å². The molecule has 0 heterocycles. The highest BCUT2D eigenvalue weighted by molar-refractivity contribution is 7.92. The topological polar surface area (TPSA) is 75.7 Å². The third kappa shape index (κ3) is 6.27. The lowest BCUT2D eigenvalue weighted by Gasteiger charge is -2.17. The Labute approximate surface area is 185 Å². The van der Waals surface area contributed by atoms with E-state index in [-0.39, 0.29) is 22.3 Å². The third-order valence-corrected chi connectivity index (χ3v) is 5.97. The fraction of sp³-hybridized carbons (Fsp3) is 0.174. The number of benzene rings is 3. The lowest BCUT2D eigenvalue weighted by Crippen LogP contribution is -2.28. The number of hydrogen-bond acceptors (Lipinski definition) is 4. The third-order valence-electron chi connectivity index (χ3n) is 4.57. The van der Waals surface area contributed by atoms with Gasteiger partial charge in [0, 0.05) is 24.8 Å². The fourth-order valence-corrected chi connectivity index (χ4v) is 3.91.